The van der Waals surface area contributed by atoms with Crippen molar-refractivity contribution >= 4 is 0 Å². The van der Waals surface area contributed by atoms with Crippen LogP contribution >= 0.6 is 0 Å². The van der Waals surface area contributed by atoms with E-state index in [-0.39, 0.29) is 18.2 Å². The maximum atomic E-state index is 14.2. The molecule has 2 nitrogen and oxygen atoms in total. The van der Waals surface area contributed by atoms with Crippen molar-refractivity contribution in [3.63, 3.8) is 0 Å². The van der Waals surface area contributed by atoms with Crippen molar-refractivity contribution in [1.29, 1.82) is 0 Å². The Morgan fingerprint density at radius 2 is 1.79 bits per heavy atom. The molecule has 0 aliphatic heterocycles. The van der Waals surface area contributed by atoms with E-state index in [0.29, 0.717) is 5.56 Å². The van der Waals surface area contributed by atoms with Gasteiger partial charge in [-0.3, -0.25) is 0 Å². The second kappa shape index (κ2) is 5.41. The lowest BCUT2D eigenvalue weighted by Crippen LogP contribution is -1.96. The molecule has 100 valence electrons. The first-order valence-corrected chi connectivity index (χ1v) is 6.12. The summed E-state index contributed by atoms with van der Waals surface area (Å²) in [6.45, 7) is 3.83. The van der Waals surface area contributed by atoms with Crippen molar-refractivity contribution in [2.45, 2.75) is 20.5 Å². The summed E-state index contributed by atoms with van der Waals surface area (Å²) >= 11 is 0. The molecule has 0 fully saturated rings. The fourth-order valence-corrected chi connectivity index (χ4v) is 2.29. The van der Waals surface area contributed by atoms with Gasteiger partial charge in [-0.25, -0.2) is 4.39 Å². The zero-order chi connectivity index (χ0) is 14.0. The molecule has 0 aliphatic carbocycles. The van der Waals surface area contributed by atoms with Crippen molar-refractivity contribution in [2.75, 3.05) is 7.11 Å². The van der Waals surface area contributed by atoms with Crippen LogP contribution in [0.25, 0.3) is 11.1 Å². The second-order valence-electron chi connectivity index (χ2n) is 4.57. The first-order chi connectivity index (χ1) is 9.08. The molecule has 19 heavy (non-hydrogen) atoms. The van der Waals surface area contributed by atoms with Gasteiger partial charge < -0.3 is 9.84 Å². The van der Waals surface area contributed by atoms with Crippen LogP contribution in [-0.4, -0.2) is 12.2 Å². The molecule has 2 aromatic carbocycles. The molecular weight excluding hydrogens is 243 g/mol. The standard InChI is InChI=1S/C16H17FO2/c1-10-7-12(8-11(2)14(10)9-18)13-5-4-6-15(19-3)16(13)17/h4-8,18H,9H2,1-3H3. The summed E-state index contributed by atoms with van der Waals surface area (Å²) < 4.78 is 19.2. The number of hydrogen-bond donors (Lipinski definition) is 1. The van der Waals surface area contributed by atoms with E-state index in [0.717, 1.165) is 22.3 Å². The van der Waals surface area contributed by atoms with Gasteiger partial charge in [0.2, 0.25) is 0 Å². The lowest BCUT2D eigenvalue weighted by molar-refractivity contribution is 0.280. The Hall–Kier alpha value is -1.87. The Bertz CT molecular complexity index is 583. The van der Waals surface area contributed by atoms with Gasteiger partial charge in [-0.05, 0) is 42.2 Å². The van der Waals surface area contributed by atoms with Gasteiger partial charge in [0.1, 0.15) is 0 Å². The highest BCUT2D eigenvalue weighted by atomic mass is 19.1. The molecule has 0 unspecified atom stereocenters. The fraction of sp³-hybridized carbons (Fsp3) is 0.250. The van der Waals surface area contributed by atoms with E-state index in [1.54, 1.807) is 18.2 Å². The first kappa shape index (κ1) is 13.6. The van der Waals surface area contributed by atoms with Crippen LogP contribution in [0.4, 0.5) is 4.39 Å². The summed E-state index contributed by atoms with van der Waals surface area (Å²) in [5, 5.41) is 9.30. The summed E-state index contributed by atoms with van der Waals surface area (Å²) in [5.74, 6) is -0.125. The Morgan fingerprint density at radius 3 is 2.32 bits per heavy atom. The number of rotatable bonds is 3. The smallest absolute Gasteiger partial charge is 0.172 e. The third kappa shape index (κ3) is 2.47. The normalized spacial score (nSPS) is 10.6. The van der Waals surface area contributed by atoms with Gasteiger partial charge in [-0.2, -0.15) is 0 Å². The maximum Gasteiger partial charge on any atom is 0.172 e. The Kier molecular flexibility index (Phi) is 3.86. The van der Waals surface area contributed by atoms with Crippen LogP contribution in [0, 0.1) is 19.7 Å². The van der Waals surface area contributed by atoms with E-state index in [2.05, 4.69) is 0 Å². The molecule has 0 amide bonds. The summed E-state index contributed by atoms with van der Waals surface area (Å²) in [7, 11) is 1.45. The van der Waals surface area contributed by atoms with Gasteiger partial charge in [0.25, 0.3) is 0 Å². The van der Waals surface area contributed by atoms with Crippen molar-refractivity contribution in [3.05, 3.63) is 52.8 Å². The minimum Gasteiger partial charge on any atom is -0.494 e. The quantitative estimate of drug-likeness (QED) is 0.913. The molecule has 0 aromatic heterocycles. The summed E-state index contributed by atoms with van der Waals surface area (Å²) in [4.78, 5) is 0. The van der Waals surface area contributed by atoms with E-state index in [9.17, 15) is 9.50 Å². The largest absolute Gasteiger partial charge is 0.494 e. The number of aliphatic hydroxyl groups is 1. The molecule has 0 saturated heterocycles. The van der Waals surface area contributed by atoms with Gasteiger partial charge in [-0.1, -0.05) is 24.3 Å². The maximum absolute atomic E-state index is 14.2. The van der Waals surface area contributed by atoms with Crippen LogP contribution < -0.4 is 4.74 Å². The number of hydrogen-bond acceptors (Lipinski definition) is 2. The molecule has 2 aromatic rings. The molecule has 0 bridgehead atoms. The molecule has 0 radical (unpaired) electrons. The van der Waals surface area contributed by atoms with Gasteiger partial charge in [-0.15, -0.1) is 0 Å². The summed E-state index contributed by atoms with van der Waals surface area (Å²) in [5.41, 5.74) is 4.12. The molecule has 0 atom stereocenters. The lowest BCUT2D eigenvalue weighted by atomic mass is 9.95. The van der Waals surface area contributed by atoms with E-state index in [1.807, 2.05) is 26.0 Å². The SMILES string of the molecule is COc1cccc(-c2cc(C)c(CO)c(C)c2)c1F. The molecule has 0 heterocycles. The molecule has 2 rings (SSSR count). The number of methoxy groups -OCH3 is 1. The number of aryl methyl sites for hydroxylation is 2. The summed E-state index contributed by atoms with van der Waals surface area (Å²) in [6, 6.07) is 8.86. The number of halogens is 1. The Morgan fingerprint density at radius 1 is 1.16 bits per heavy atom. The van der Waals surface area contributed by atoms with Gasteiger partial charge >= 0.3 is 0 Å². The monoisotopic (exact) mass is 260 g/mol. The molecular formula is C16H17FO2. The molecule has 1 N–H and O–H groups in total. The van der Waals surface area contributed by atoms with Crippen molar-refractivity contribution < 1.29 is 14.2 Å². The topological polar surface area (TPSA) is 29.5 Å². The van der Waals surface area contributed by atoms with E-state index < -0.39 is 0 Å². The Balaban J connectivity index is 2.60. The van der Waals surface area contributed by atoms with Crippen LogP contribution in [0.3, 0.4) is 0 Å². The molecule has 0 saturated carbocycles. The zero-order valence-electron chi connectivity index (χ0n) is 11.3. The number of ether oxygens (including phenoxy) is 1. The minimum atomic E-state index is -0.361. The van der Waals surface area contributed by atoms with Crippen molar-refractivity contribution in [3.8, 4) is 16.9 Å². The van der Waals surface area contributed by atoms with Crippen LogP contribution in [0.5, 0.6) is 5.75 Å². The average Bonchev–Trinajstić information content (AvgIpc) is 2.38. The van der Waals surface area contributed by atoms with E-state index in [1.165, 1.54) is 7.11 Å². The highest BCUT2D eigenvalue weighted by molar-refractivity contribution is 5.68. The van der Waals surface area contributed by atoms with Crippen LogP contribution in [-0.2, 0) is 6.61 Å². The fourth-order valence-electron chi connectivity index (χ4n) is 2.29. The van der Waals surface area contributed by atoms with Gasteiger partial charge in [0.05, 0.1) is 13.7 Å². The molecule has 0 spiro atoms. The first-order valence-electron chi connectivity index (χ1n) is 6.12. The number of aliphatic hydroxyl groups excluding tert-OH is 1. The van der Waals surface area contributed by atoms with E-state index in [4.69, 9.17) is 4.74 Å². The van der Waals surface area contributed by atoms with Crippen molar-refractivity contribution in [1.82, 2.24) is 0 Å². The van der Waals surface area contributed by atoms with Crippen LogP contribution in [0.2, 0.25) is 0 Å². The highest BCUT2D eigenvalue weighted by Gasteiger charge is 2.12. The lowest BCUT2D eigenvalue weighted by Gasteiger charge is -2.12. The predicted octanol–water partition coefficient (Wildman–Crippen LogP) is 3.61. The van der Waals surface area contributed by atoms with Crippen LogP contribution in [0.1, 0.15) is 16.7 Å². The van der Waals surface area contributed by atoms with Crippen LogP contribution in [0.15, 0.2) is 30.3 Å². The zero-order valence-corrected chi connectivity index (χ0v) is 11.3. The Labute approximate surface area is 112 Å². The van der Waals surface area contributed by atoms with E-state index >= 15 is 0 Å². The highest BCUT2D eigenvalue weighted by Crippen LogP contribution is 2.31. The second-order valence-corrected chi connectivity index (χ2v) is 4.57. The molecule has 0 aliphatic rings. The number of benzene rings is 2. The van der Waals surface area contributed by atoms with Gasteiger partial charge in [0.15, 0.2) is 11.6 Å². The van der Waals surface area contributed by atoms with Gasteiger partial charge in [0, 0.05) is 5.56 Å². The van der Waals surface area contributed by atoms with Crippen molar-refractivity contribution in [2.24, 2.45) is 0 Å². The third-order valence-electron chi connectivity index (χ3n) is 3.35. The predicted molar refractivity (Wildman–Crippen MR) is 73.8 cm³/mol. The minimum absolute atomic E-state index is 0.00145. The summed E-state index contributed by atoms with van der Waals surface area (Å²) in [6.07, 6.45) is 0. The molecule has 3 heteroatoms. The average molecular weight is 260 g/mol. The third-order valence-corrected chi connectivity index (χ3v) is 3.35.